The highest BCUT2D eigenvalue weighted by Crippen LogP contribution is 2.32. The fourth-order valence-electron chi connectivity index (χ4n) is 1.97. The smallest absolute Gasteiger partial charge is 0.131 e. The molecule has 0 spiro atoms. The van der Waals surface area contributed by atoms with Gasteiger partial charge in [0, 0.05) is 29.1 Å². The average Bonchev–Trinajstić information content (AvgIpc) is 2.49. The van der Waals surface area contributed by atoms with Crippen LogP contribution in [0.15, 0.2) is 55.1 Å². The Bertz CT molecular complexity index is 747. The van der Waals surface area contributed by atoms with Gasteiger partial charge in [0.15, 0.2) is 0 Å². The van der Waals surface area contributed by atoms with E-state index in [1.165, 1.54) is 12.3 Å². The molecule has 0 aliphatic carbocycles. The maximum absolute atomic E-state index is 14.0. The SMILES string of the molecule is Fc1ccc(-c2ccnnc2)cc1-c1ccncc1Cl. The van der Waals surface area contributed by atoms with E-state index >= 15 is 0 Å². The Balaban J connectivity index is 2.15. The third-order valence-electron chi connectivity index (χ3n) is 2.95. The molecule has 2 aromatic heterocycles. The topological polar surface area (TPSA) is 38.7 Å². The molecule has 2 heterocycles. The second-order valence-corrected chi connectivity index (χ2v) is 4.59. The van der Waals surface area contributed by atoms with Gasteiger partial charge in [0.1, 0.15) is 5.82 Å². The van der Waals surface area contributed by atoms with Gasteiger partial charge in [-0.3, -0.25) is 4.98 Å². The van der Waals surface area contributed by atoms with Crippen LogP contribution in [0.5, 0.6) is 0 Å². The summed E-state index contributed by atoms with van der Waals surface area (Å²) in [6.45, 7) is 0. The molecule has 20 heavy (non-hydrogen) atoms. The summed E-state index contributed by atoms with van der Waals surface area (Å²) in [5, 5.41) is 7.97. The molecule has 0 unspecified atom stereocenters. The van der Waals surface area contributed by atoms with Crippen LogP contribution in [-0.2, 0) is 0 Å². The van der Waals surface area contributed by atoms with Crippen molar-refractivity contribution >= 4 is 11.6 Å². The summed E-state index contributed by atoms with van der Waals surface area (Å²) in [5.74, 6) is -0.330. The molecule has 0 atom stereocenters. The average molecular weight is 286 g/mol. The molecule has 98 valence electrons. The largest absolute Gasteiger partial charge is 0.263 e. The summed E-state index contributed by atoms with van der Waals surface area (Å²) in [6, 6.07) is 8.37. The van der Waals surface area contributed by atoms with Gasteiger partial charge in [-0.1, -0.05) is 17.7 Å². The van der Waals surface area contributed by atoms with Gasteiger partial charge in [-0.15, -0.1) is 0 Å². The number of hydrogen-bond donors (Lipinski definition) is 0. The molecule has 0 N–H and O–H groups in total. The van der Waals surface area contributed by atoms with E-state index in [2.05, 4.69) is 15.2 Å². The lowest BCUT2D eigenvalue weighted by Gasteiger charge is -2.08. The lowest BCUT2D eigenvalue weighted by Crippen LogP contribution is -1.89. The summed E-state index contributed by atoms with van der Waals surface area (Å²) in [5.41, 5.74) is 2.77. The van der Waals surface area contributed by atoms with Crippen molar-refractivity contribution in [3.8, 4) is 22.3 Å². The first-order valence-electron chi connectivity index (χ1n) is 5.92. The molecule has 0 aliphatic heterocycles. The van der Waals surface area contributed by atoms with Crippen molar-refractivity contribution in [2.45, 2.75) is 0 Å². The van der Waals surface area contributed by atoms with Crippen LogP contribution in [0.1, 0.15) is 0 Å². The molecule has 3 nitrogen and oxygen atoms in total. The summed E-state index contributed by atoms with van der Waals surface area (Å²) >= 11 is 6.08. The highest BCUT2D eigenvalue weighted by Gasteiger charge is 2.10. The Morgan fingerprint density at radius 3 is 2.50 bits per heavy atom. The molecule has 5 heteroatoms. The third-order valence-corrected chi connectivity index (χ3v) is 3.25. The molecule has 0 fully saturated rings. The molecule has 3 rings (SSSR count). The second kappa shape index (κ2) is 5.35. The van der Waals surface area contributed by atoms with Gasteiger partial charge in [-0.25, -0.2) is 4.39 Å². The Kier molecular flexibility index (Phi) is 3.39. The first kappa shape index (κ1) is 12.7. The fraction of sp³-hybridized carbons (Fsp3) is 0. The van der Waals surface area contributed by atoms with Crippen molar-refractivity contribution < 1.29 is 4.39 Å². The van der Waals surface area contributed by atoms with Crippen LogP contribution in [0.25, 0.3) is 22.3 Å². The molecule has 3 aromatic rings. The Morgan fingerprint density at radius 1 is 0.850 bits per heavy atom. The summed E-state index contributed by atoms with van der Waals surface area (Å²) in [6.07, 6.45) is 6.31. The predicted octanol–water partition coefficient (Wildman–Crippen LogP) is 4.00. The Morgan fingerprint density at radius 2 is 1.75 bits per heavy atom. The zero-order valence-electron chi connectivity index (χ0n) is 10.3. The van der Waals surface area contributed by atoms with Crippen LogP contribution in [0.3, 0.4) is 0 Å². The number of hydrogen-bond acceptors (Lipinski definition) is 3. The van der Waals surface area contributed by atoms with Crippen LogP contribution >= 0.6 is 11.6 Å². The standard InChI is InChI=1S/C15H9ClFN3/c16-14-9-18-5-4-12(14)13-7-10(1-2-15(13)17)11-3-6-19-20-8-11/h1-9H. The first-order chi connectivity index (χ1) is 9.75. The van der Waals surface area contributed by atoms with Crippen LogP contribution in [0, 0.1) is 5.82 Å². The van der Waals surface area contributed by atoms with Gasteiger partial charge < -0.3 is 0 Å². The predicted molar refractivity (Wildman–Crippen MR) is 75.7 cm³/mol. The van der Waals surface area contributed by atoms with E-state index in [0.29, 0.717) is 16.1 Å². The minimum Gasteiger partial charge on any atom is -0.263 e. The number of nitrogens with zero attached hydrogens (tertiary/aromatic N) is 3. The van der Waals surface area contributed by atoms with E-state index in [-0.39, 0.29) is 5.82 Å². The Labute approximate surface area is 120 Å². The highest BCUT2D eigenvalue weighted by atomic mass is 35.5. The van der Waals surface area contributed by atoms with Crippen LogP contribution < -0.4 is 0 Å². The molecule has 0 bridgehead atoms. The van der Waals surface area contributed by atoms with Crippen LogP contribution in [0.4, 0.5) is 4.39 Å². The number of benzene rings is 1. The quantitative estimate of drug-likeness (QED) is 0.714. The maximum atomic E-state index is 14.0. The van der Waals surface area contributed by atoms with E-state index in [1.807, 2.05) is 6.07 Å². The molecule has 0 saturated carbocycles. The number of pyridine rings is 1. The number of rotatable bonds is 2. The second-order valence-electron chi connectivity index (χ2n) is 4.18. The summed E-state index contributed by atoms with van der Waals surface area (Å²) in [4.78, 5) is 3.91. The lowest BCUT2D eigenvalue weighted by atomic mass is 10.0. The molecule has 0 aliphatic rings. The lowest BCUT2D eigenvalue weighted by molar-refractivity contribution is 0.631. The van der Waals surface area contributed by atoms with Gasteiger partial charge >= 0.3 is 0 Å². The van der Waals surface area contributed by atoms with Gasteiger partial charge in [0.25, 0.3) is 0 Å². The zero-order valence-corrected chi connectivity index (χ0v) is 11.0. The number of aromatic nitrogens is 3. The fourth-order valence-corrected chi connectivity index (χ4v) is 2.19. The van der Waals surface area contributed by atoms with E-state index in [1.54, 1.807) is 36.8 Å². The van der Waals surface area contributed by atoms with Gasteiger partial charge in [0.05, 0.1) is 17.4 Å². The minimum absolute atomic E-state index is 0.330. The molecule has 0 amide bonds. The molecular formula is C15H9ClFN3. The Hall–Kier alpha value is -2.33. The minimum atomic E-state index is -0.330. The van der Waals surface area contributed by atoms with E-state index in [9.17, 15) is 4.39 Å². The van der Waals surface area contributed by atoms with Gasteiger partial charge in [0.2, 0.25) is 0 Å². The van der Waals surface area contributed by atoms with Gasteiger partial charge in [-0.2, -0.15) is 10.2 Å². The summed E-state index contributed by atoms with van der Waals surface area (Å²) in [7, 11) is 0. The molecule has 0 radical (unpaired) electrons. The summed E-state index contributed by atoms with van der Waals surface area (Å²) < 4.78 is 14.0. The van der Waals surface area contributed by atoms with E-state index in [4.69, 9.17) is 11.6 Å². The molecule has 0 saturated heterocycles. The number of halogens is 2. The van der Waals surface area contributed by atoms with Crippen molar-refractivity contribution in [2.75, 3.05) is 0 Å². The molecular weight excluding hydrogens is 277 g/mol. The monoisotopic (exact) mass is 285 g/mol. The normalized spacial score (nSPS) is 10.5. The van der Waals surface area contributed by atoms with E-state index < -0.39 is 0 Å². The zero-order chi connectivity index (χ0) is 13.9. The van der Waals surface area contributed by atoms with Crippen molar-refractivity contribution in [2.24, 2.45) is 0 Å². The highest BCUT2D eigenvalue weighted by molar-refractivity contribution is 6.33. The maximum Gasteiger partial charge on any atom is 0.131 e. The van der Waals surface area contributed by atoms with Crippen molar-refractivity contribution in [3.05, 3.63) is 66.0 Å². The third kappa shape index (κ3) is 2.38. The van der Waals surface area contributed by atoms with Gasteiger partial charge in [-0.05, 0) is 29.8 Å². The van der Waals surface area contributed by atoms with Crippen LogP contribution in [-0.4, -0.2) is 15.2 Å². The van der Waals surface area contributed by atoms with Crippen molar-refractivity contribution in [1.82, 2.24) is 15.2 Å². The van der Waals surface area contributed by atoms with Crippen molar-refractivity contribution in [1.29, 1.82) is 0 Å². The first-order valence-corrected chi connectivity index (χ1v) is 6.30. The van der Waals surface area contributed by atoms with Crippen molar-refractivity contribution in [3.63, 3.8) is 0 Å². The molecule has 1 aromatic carbocycles. The van der Waals surface area contributed by atoms with E-state index in [0.717, 1.165) is 11.1 Å². The van der Waals surface area contributed by atoms with Crippen LogP contribution in [0.2, 0.25) is 5.02 Å².